The van der Waals surface area contributed by atoms with E-state index >= 15 is 0 Å². The number of ketones is 1. The standard InChI is InChI=1S/C30H22O/c1-18(2)30(31)26-15-14-24-22-11-6-4-9-20(22)17-28(24)29(26)25-13-7-12-23-21-10-5-3-8-19(21)16-27(23)25/h3-15H,1,16-17H2,2H3. The molecule has 6 rings (SSSR count). The van der Waals surface area contributed by atoms with Crippen molar-refractivity contribution in [1.82, 2.24) is 0 Å². The smallest absolute Gasteiger partial charge is 0.188 e. The first-order valence-electron chi connectivity index (χ1n) is 10.8. The molecule has 0 heterocycles. The summed E-state index contributed by atoms with van der Waals surface area (Å²) >= 11 is 0. The SMILES string of the molecule is C=C(C)C(=O)c1ccc2c(c1-c1cccc3c1Cc1ccccc1-3)Cc1ccccc1-2. The van der Waals surface area contributed by atoms with E-state index in [9.17, 15) is 4.79 Å². The maximum absolute atomic E-state index is 13.2. The van der Waals surface area contributed by atoms with Gasteiger partial charge in [-0.15, -0.1) is 0 Å². The van der Waals surface area contributed by atoms with Crippen molar-refractivity contribution in [3.63, 3.8) is 0 Å². The molecule has 31 heavy (non-hydrogen) atoms. The van der Waals surface area contributed by atoms with Crippen LogP contribution in [0.3, 0.4) is 0 Å². The largest absolute Gasteiger partial charge is 0.289 e. The highest BCUT2D eigenvalue weighted by Gasteiger charge is 2.29. The highest BCUT2D eigenvalue weighted by molar-refractivity contribution is 6.14. The lowest BCUT2D eigenvalue weighted by Crippen LogP contribution is -2.06. The first-order chi connectivity index (χ1) is 15.1. The van der Waals surface area contributed by atoms with Gasteiger partial charge >= 0.3 is 0 Å². The molecule has 0 N–H and O–H groups in total. The Morgan fingerprint density at radius 1 is 0.645 bits per heavy atom. The Kier molecular flexibility index (Phi) is 3.88. The third-order valence-electron chi connectivity index (χ3n) is 6.74. The number of rotatable bonds is 3. The summed E-state index contributed by atoms with van der Waals surface area (Å²) in [4.78, 5) is 13.2. The van der Waals surface area contributed by atoms with Crippen LogP contribution in [0.25, 0.3) is 33.4 Å². The average molecular weight is 399 g/mol. The first kappa shape index (κ1) is 18.1. The molecule has 0 aromatic heterocycles. The summed E-state index contributed by atoms with van der Waals surface area (Å²) in [6.45, 7) is 5.76. The van der Waals surface area contributed by atoms with Gasteiger partial charge in [-0.05, 0) is 87.0 Å². The zero-order chi connectivity index (χ0) is 21.1. The fraction of sp³-hybridized carbons (Fsp3) is 0.100. The summed E-state index contributed by atoms with van der Waals surface area (Å²) in [6.07, 6.45) is 1.76. The molecule has 0 amide bonds. The lowest BCUT2D eigenvalue weighted by molar-refractivity contribution is 0.103. The monoisotopic (exact) mass is 398 g/mol. The molecule has 0 radical (unpaired) electrons. The second-order valence-electron chi connectivity index (χ2n) is 8.62. The quantitative estimate of drug-likeness (QED) is 0.226. The van der Waals surface area contributed by atoms with Crippen LogP contribution in [0.4, 0.5) is 0 Å². The molecule has 0 saturated carbocycles. The number of benzene rings is 4. The molecule has 1 nitrogen and oxygen atoms in total. The van der Waals surface area contributed by atoms with Crippen LogP contribution in [0.15, 0.2) is 91.0 Å². The van der Waals surface area contributed by atoms with E-state index in [1.165, 1.54) is 50.1 Å². The van der Waals surface area contributed by atoms with Crippen LogP contribution in [-0.4, -0.2) is 5.78 Å². The summed E-state index contributed by atoms with van der Waals surface area (Å²) in [5.41, 5.74) is 14.0. The molecule has 0 spiro atoms. The van der Waals surface area contributed by atoms with Crippen molar-refractivity contribution < 1.29 is 4.79 Å². The Hall–Kier alpha value is -3.71. The Balaban J connectivity index is 1.65. The fourth-order valence-electron chi connectivity index (χ4n) is 5.33. The summed E-state index contributed by atoms with van der Waals surface area (Å²) in [5, 5.41) is 0. The summed E-state index contributed by atoms with van der Waals surface area (Å²) in [5.74, 6) is 0.0295. The van der Waals surface area contributed by atoms with E-state index in [0.29, 0.717) is 5.57 Å². The molecule has 4 aromatic carbocycles. The Morgan fingerprint density at radius 2 is 1.19 bits per heavy atom. The lowest BCUT2D eigenvalue weighted by atomic mass is 9.85. The molecule has 2 aliphatic rings. The topological polar surface area (TPSA) is 17.1 Å². The van der Waals surface area contributed by atoms with Gasteiger partial charge in [0.1, 0.15) is 0 Å². The Labute approximate surface area is 182 Å². The van der Waals surface area contributed by atoms with E-state index in [-0.39, 0.29) is 5.78 Å². The second-order valence-corrected chi connectivity index (χ2v) is 8.62. The van der Waals surface area contributed by atoms with Gasteiger partial charge in [0.2, 0.25) is 0 Å². The molecular weight excluding hydrogens is 376 g/mol. The normalized spacial score (nSPS) is 12.7. The predicted octanol–water partition coefficient (Wildman–Crippen LogP) is 7.25. The number of fused-ring (bicyclic) bond motifs is 6. The van der Waals surface area contributed by atoms with Crippen LogP contribution in [-0.2, 0) is 12.8 Å². The maximum atomic E-state index is 13.2. The van der Waals surface area contributed by atoms with Crippen molar-refractivity contribution in [3.05, 3.63) is 119 Å². The number of hydrogen-bond acceptors (Lipinski definition) is 1. The highest BCUT2D eigenvalue weighted by Crippen LogP contribution is 2.47. The van der Waals surface area contributed by atoms with Crippen LogP contribution in [0.5, 0.6) is 0 Å². The van der Waals surface area contributed by atoms with Crippen molar-refractivity contribution in [1.29, 1.82) is 0 Å². The molecule has 0 atom stereocenters. The van der Waals surface area contributed by atoms with Crippen molar-refractivity contribution in [2.45, 2.75) is 19.8 Å². The molecule has 0 saturated heterocycles. The van der Waals surface area contributed by atoms with Gasteiger partial charge in [0, 0.05) is 5.56 Å². The first-order valence-corrected chi connectivity index (χ1v) is 10.8. The van der Waals surface area contributed by atoms with Crippen molar-refractivity contribution in [2.24, 2.45) is 0 Å². The molecule has 0 unspecified atom stereocenters. The van der Waals surface area contributed by atoms with Gasteiger partial charge in [-0.3, -0.25) is 4.79 Å². The van der Waals surface area contributed by atoms with Gasteiger partial charge in [-0.2, -0.15) is 0 Å². The van der Waals surface area contributed by atoms with E-state index < -0.39 is 0 Å². The van der Waals surface area contributed by atoms with Gasteiger partial charge in [-0.25, -0.2) is 0 Å². The van der Waals surface area contributed by atoms with E-state index in [1.54, 1.807) is 6.92 Å². The third-order valence-corrected chi connectivity index (χ3v) is 6.74. The van der Waals surface area contributed by atoms with Crippen molar-refractivity contribution in [2.75, 3.05) is 0 Å². The van der Waals surface area contributed by atoms with Crippen molar-refractivity contribution >= 4 is 5.78 Å². The number of hydrogen-bond donors (Lipinski definition) is 0. The fourth-order valence-corrected chi connectivity index (χ4v) is 5.33. The number of carbonyl (C=O) groups excluding carboxylic acids is 1. The summed E-state index contributed by atoms with van der Waals surface area (Å²) < 4.78 is 0. The molecule has 4 aromatic rings. The average Bonchev–Trinajstić information content (AvgIpc) is 3.36. The van der Waals surface area contributed by atoms with E-state index in [1.807, 2.05) is 6.07 Å². The van der Waals surface area contributed by atoms with Gasteiger partial charge in [-0.1, -0.05) is 79.4 Å². The molecule has 148 valence electrons. The van der Waals surface area contributed by atoms with Crippen LogP contribution in [0, 0.1) is 0 Å². The minimum Gasteiger partial charge on any atom is -0.289 e. The van der Waals surface area contributed by atoms with Crippen LogP contribution < -0.4 is 0 Å². The van der Waals surface area contributed by atoms with Gasteiger partial charge in [0.25, 0.3) is 0 Å². The van der Waals surface area contributed by atoms with Crippen LogP contribution in [0.2, 0.25) is 0 Å². The number of Topliss-reactive ketones (excluding diaryl/α,β-unsaturated/α-hetero) is 1. The van der Waals surface area contributed by atoms with E-state index in [0.717, 1.165) is 24.0 Å². The van der Waals surface area contributed by atoms with Gasteiger partial charge in [0.05, 0.1) is 0 Å². The van der Waals surface area contributed by atoms with Crippen LogP contribution >= 0.6 is 0 Å². The van der Waals surface area contributed by atoms with Crippen molar-refractivity contribution in [3.8, 4) is 33.4 Å². The number of carbonyl (C=O) groups is 1. The van der Waals surface area contributed by atoms with Gasteiger partial charge < -0.3 is 0 Å². The minimum atomic E-state index is 0.0295. The molecule has 0 bridgehead atoms. The molecule has 0 aliphatic heterocycles. The lowest BCUT2D eigenvalue weighted by Gasteiger charge is -2.18. The predicted molar refractivity (Wildman–Crippen MR) is 128 cm³/mol. The van der Waals surface area contributed by atoms with E-state index in [4.69, 9.17) is 0 Å². The molecular formula is C30H22O. The maximum Gasteiger partial charge on any atom is 0.188 e. The molecule has 1 heteroatoms. The zero-order valence-electron chi connectivity index (χ0n) is 17.5. The van der Waals surface area contributed by atoms with E-state index in [2.05, 4.69) is 79.4 Å². The Morgan fingerprint density at radius 3 is 1.87 bits per heavy atom. The molecule has 0 fully saturated rings. The van der Waals surface area contributed by atoms with Crippen LogP contribution in [0.1, 0.15) is 39.5 Å². The minimum absolute atomic E-state index is 0.0295. The third kappa shape index (κ3) is 2.60. The Bertz CT molecular complexity index is 1420. The zero-order valence-corrected chi connectivity index (χ0v) is 17.5. The second kappa shape index (κ2) is 6.65. The van der Waals surface area contributed by atoms with Gasteiger partial charge in [0.15, 0.2) is 5.78 Å². The number of allylic oxidation sites excluding steroid dienone is 1. The highest BCUT2D eigenvalue weighted by atomic mass is 16.1. The molecule has 2 aliphatic carbocycles. The summed E-state index contributed by atoms with van der Waals surface area (Å²) in [6, 6.07) is 27.9. The summed E-state index contributed by atoms with van der Waals surface area (Å²) in [7, 11) is 0.